The van der Waals surface area contributed by atoms with Crippen LogP contribution in [0.3, 0.4) is 0 Å². The summed E-state index contributed by atoms with van der Waals surface area (Å²) in [6, 6.07) is 5.34. The summed E-state index contributed by atoms with van der Waals surface area (Å²) >= 11 is 0. The number of anilines is 2. The van der Waals surface area contributed by atoms with Crippen LogP contribution in [0.5, 0.6) is 0 Å². The molecule has 0 amide bonds. The summed E-state index contributed by atoms with van der Waals surface area (Å²) in [7, 11) is 4.95. The minimum absolute atomic E-state index is 0.397. The Bertz CT molecular complexity index is 407. The number of hydrogen-bond acceptors (Lipinski definition) is 5. The van der Waals surface area contributed by atoms with Crippen LogP contribution in [0.2, 0.25) is 0 Å². The van der Waals surface area contributed by atoms with Crippen molar-refractivity contribution < 1.29 is 14.3 Å². The zero-order valence-electron chi connectivity index (χ0n) is 11.1. The van der Waals surface area contributed by atoms with E-state index in [4.69, 9.17) is 15.2 Å². The fourth-order valence-electron chi connectivity index (χ4n) is 1.74. The van der Waals surface area contributed by atoms with Gasteiger partial charge in [-0.25, -0.2) is 4.79 Å². The Morgan fingerprint density at radius 3 is 2.72 bits per heavy atom. The van der Waals surface area contributed by atoms with Crippen molar-refractivity contribution in [2.24, 2.45) is 0 Å². The lowest BCUT2D eigenvalue weighted by Crippen LogP contribution is -2.22. The molecular formula is C13H20N2O3. The Hall–Kier alpha value is -1.75. The van der Waals surface area contributed by atoms with Crippen LogP contribution < -0.4 is 10.6 Å². The zero-order chi connectivity index (χ0) is 13.5. The van der Waals surface area contributed by atoms with Crippen molar-refractivity contribution in [2.75, 3.05) is 45.1 Å². The van der Waals surface area contributed by atoms with Crippen molar-refractivity contribution in [3.63, 3.8) is 0 Å². The van der Waals surface area contributed by atoms with Crippen LogP contribution in [0.4, 0.5) is 11.4 Å². The van der Waals surface area contributed by atoms with Crippen LogP contribution in [0.25, 0.3) is 0 Å². The minimum atomic E-state index is -0.417. The topological polar surface area (TPSA) is 64.8 Å². The first-order valence-electron chi connectivity index (χ1n) is 5.78. The van der Waals surface area contributed by atoms with Gasteiger partial charge in [-0.15, -0.1) is 0 Å². The highest BCUT2D eigenvalue weighted by Crippen LogP contribution is 2.26. The predicted molar refractivity (Wildman–Crippen MR) is 72.0 cm³/mol. The van der Waals surface area contributed by atoms with E-state index in [-0.39, 0.29) is 0 Å². The van der Waals surface area contributed by atoms with Crippen LogP contribution in [-0.2, 0) is 9.47 Å². The van der Waals surface area contributed by atoms with E-state index in [0.29, 0.717) is 17.9 Å². The molecule has 0 bridgehead atoms. The Labute approximate surface area is 107 Å². The van der Waals surface area contributed by atoms with Crippen LogP contribution >= 0.6 is 0 Å². The average Bonchev–Trinajstić information content (AvgIpc) is 2.38. The van der Waals surface area contributed by atoms with Gasteiger partial charge < -0.3 is 20.1 Å². The van der Waals surface area contributed by atoms with Crippen molar-refractivity contribution in [2.45, 2.75) is 6.42 Å². The van der Waals surface area contributed by atoms with E-state index in [2.05, 4.69) is 0 Å². The highest BCUT2D eigenvalue weighted by molar-refractivity contribution is 5.98. The predicted octanol–water partition coefficient (Wildman–Crippen LogP) is 1.53. The summed E-state index contributed by atoms with van der Waals surface area (Å²) in [6.45, 7) is 1.50. The van der Waals surface area contributed by atoms with Gasteiger partial charge in [0.2, 0.25) is 0 Å². The highest BCUT2D eigenvalue weighted by Gasteiger charge is 2.14. The first-order chi connectivity index (χ1) is 8.61. The molecule has 5 nitrogen and oxygen atoms in total. The SMILES string of the molecule is COCCCN(C)c1cccc(C(=O)OC)c1N. The van der Waals surface area contributed by atoms with Gasteiger partial charge in [0.25, 0.3) is 0 Å². The molecule has 1 aromatic carbocycles. The molecule has 18 heavy (non-hydrogen) atoms. The molecule has 0 atom stereocenters. The van der Waals surface area contributed by atoms with Crippen molar-refractivity contribution in [3.8, 4) is 0 Å². The maximum atomic E-state index is 11.5. The summed E-state index contributed by atoms with van der Waals surface area (Å²) in [6.07, 6.45) is 0.898. The van der Waals surface area contributed by atoms with E-state index in [1.54, 1.807) is 19.2 Å². The number of ether oxygens (including phenoxy) is 2. The number of nitrogens with two attached hydrogens (primary N) is 1. The quantitative estimate of drug-likeness (QED) is 0.472. The van der Waals surface area contributed by atoms with Gasteiger partial charge in [0.15, 0.2) is 0 Å². The molecule has 0 aliphatic rings. The standard InChI is InChI=1S/C13H20N2O3/c1-15(8-5-9-17-2)11-7-4-6-10(12(11)14)13(16)18-3/h4,6-7H,5,8-9,14H2,1-3H3. The second kappa shape index (κ2) is 6.86. The number of hydrogen-bond donors (Lipinski definition) is 1. The maximum absolute atomic E-state index is 11.5. The fraction of sp³-hybridized carbons (Fsp3) is 0.462. The van der Waals surface area contributed by atoms with E-state index in [1.807, 2.05) is 18.0 Å². The average molecular weight is 252 g/mol. The Balaban J connectivity index is 2.85. The van der Waals surface area contributed by atoms with Crippen molar-refractivity contribution in [1.29, 1.82) is 0 Å². The van der Waals surface area contributed by atoms with E-state index < -0.39 is 5.97 Å². The molecule has 0 aliphatic heterocycles. The van der Waals surface area contributed by atoms with Gasteiger partial charge in [0.05, 0.1) is 24.0 Å². The van der Waals surface area contributed by atoms with Gasteiger partial charge >= 0.3 is 5.97 Å². The number of nitrogens with zero attached hydrogens (tertiary/aromatic N) is 1. The number of para-hydroxylation sites is 1. The van der Waals surface area contributed by atoms with Crippen LogP contribution in [-0.4, -0.2) is 40.4 Å². The molecule has 0 aromatic heterocycles. The second-order valence-corrected chi connectivity index (χ2v) is 4.00. The lowest BCUT2D eigenvalue weighted by atomic mass is 10.1. The summed E-state index contributed by atoms with van der Waals surface area (Å²) in [5, 5.41) is 0. The minimum Gasteiger partial charge on any atom is -0.465 e. The Morgan fingerprint density at radius 2 is 2.11 bits per heavy atom. The van der Waals surface area contributed by atoms with Gasteiger partial charge in [0.1, 0.15) is 0 Å². The molecule has 2 N–H and O–H groups in total. The molecule has 5 heteroatoms. The third-order valence-corrected chi connectivity index (χ3v) is 2.74. The van der Waals surface area contributed by atoms with E-state index in [1.165, 1.54) is 7.11 Å². The van der Waals surface area contributed by atoms with Crippen LogP contribution in [0.1, 0.15) is 16.8 Å². The lowest BCUT2D eigenvalue weighted by Gasteiger charge is -2.21. The molecule has 0 unspecified atom stereocenters. The summed E-state index contributed by atoms with van der Waals surface area (Å²) < 4.78 is 9.70. The second-order valence-electron chi connectivity index (χ2n) is 4.00. The van der Waals surface area contributed by atoms with Crippen molar-refractivity contribution >= 4 is 17.3 Å². The third-order valence-electron chi connectivity index (χ3n) is 2.74. The van der Waals surface area contributed by atoms with E-state index >= 15 is 0 Å². The first kappa shape index (κ1) is 14.3. The molecule has 0 fully saturated rings. The Kier molecular flexibility index (Phi) is 5.45. The van der Waals surface area contributed by atoms with Gasteiger partial charge in [-0.05, 0) is 18.6 Å². The van der Waals surface area contributed by atoms with Gasteiger partial charge in [-0.2, -0.15) is 0 Å². The van der Waals surface area contributed by atoms with Gasteiger partial charge in [0, 0.05) is 27.3 Å². The van der Waals surface area contributed by atoms with Crippen molar-refractivity contribution in [1.82, 2.24) is 0 Å². The fourth-order valence-corrected chi connectivity index (χ4v) is 1.74. The van der Waals surface area contributed by atoms with Crippen molar-refractivity contribution in [3.05, 3.63) is 23.8 Å². The number of methoxy groups -OCH3 is 2. The van der Waals surface area contributed by atoms with E-state index in [0.717, 1.165) is 18.7 Å². The smallest absolute Gasteiger partial charge is 0.340 e. The van der Waals surface area contributed by atoms with E-state index in [9.17, 15) is 4.79 Å². The number of nitrogen functional groups attached to an aromatic ring is 1. The van der Waals surface area contributed by atoms with Gasteiger partial charge in [-0.1, -0.05) is 6.07 Å². The number of carbonyl (C=O) groups excluding carboxylic acids is 1. The summed E-state index contributed by atoms with van der Waals surface area (Å²) in [4.78, 5) is 13.5. The molecule has 0 saturated heterocycles. The number of rotatable bonds is 6. The normalized spacial score (nSPS) is 10.2. The Morgan fingerprint density at radius 1 is 1.39 bits per heavy atom. The number of carbonyl (C=O) groups is 1. The largest absolute Gasteiger partial charge is 0.465 e. The summed E-state index contributed by atoms with van der Waals surface area (Å²) in [5.74, 6) is -0.417. The summed E-state index contributed by atoms with van der Waals surface area (Å²) in [5.41, 5.74) is 7.66. The molecule has 100 valence electrons. The first-order valence-corrected chi connectivity index (χ1v) is 5.78. The van der Waals surface area contributed by atoms with Crippen LogP contribution in [0, 0.1) is 0 Å². The molecule has 0 aliphatic carbocycles. The van der Waals surface area contributed by atoms with Crippen LogP contribution in [0.15, 0.2) is 18.2 Å². The molecule has 0 saturated carbocycles. The molecule has 0 spiro atoms. The molecule has 1 aromatic rings. The third kappa shape index (κ3) is 3.37. The zero-order valence-corrected chi connectivity index (χ0v) is 11.1. The number of benzene rings is 1. The number of esters is 1. The molecule has 0 heterocycles. The highest BCUT2D eigenvalue weighted by atomic mass is 16.5. The maximum Gasteiger partial charge on any atom is 0.340 e. The molecular weight excluding hydrogens is 232 g/mol. The molecule has 1 rings (SSSR count). The monoisotopic (exact) mass is 252 g/mol. The lowest BCUT2D eigenvalue weighted by molar-refractivity contribution is 0.0602. The van der Waals surface area contributed by atoms with Gasteiger partial charge in [-0.3, -0.25) is 0 Å². The molecule has 0 radical (unpaired) electrons.